The Hall–Kier alpha value is -4.38. The van der Waals surface area contributed by atoms with Crippen LogP contribution in [-0.2, 0) is 16.1 Å². The van der Waals surface area contributed by atoms with Crippen LogP contribution < -0.4 is 20.3 Å². The van der Waals surface area contributed by atoms with Crippen molar-refractivity contribution >= 4 is 52.0 Å². The molecule has 2 aliphatic heterocycles. The Morgan fingerprint density at radius 3 is 2.35 bits per heavy atom. The number of halogens is 2. The van der Waals surface area contributed by atoms with E-state index in [-0.39, 0.29) is 45.1 Å². The average Bonchev–Trinajstić information content (AvgIpc) is 3.12. The Morgan fingerprint density at radius 1 is 1.10 bits per heavy atom. The standard InChI is InChI=1S/C36H44Cl2N8O5/c1-36(2,45-15-14-43(4)28(47)21-45)18-24(19-39)33(48)44-12-9-22(10-13-44)8-7-11-46-32-23(20-41-35(40-3)42-32)16-25(34(46)49)29-30(37)26(50-5)17-27(51-6)31(29)38/h16-18,20,22H,7-15,21H2,1-6H3,(H,40,41,42). The largest absolute Gasteiger partial charge is 0.495 e. The molecule has 2 aromatic heterocycles. The molecule has 0 bridgehead atoms. The minimum absolute atomic E-state index is 0.0164. The van der Waals surface area contributed by atoms with E-state index in [0.717, 1.165) is 19.3 Å². The smallest absolute Gasteiger partial charge is 0.264 e. The third-order valence-electron chi connectivity index (χ3n) is 9.91. The van der Waals surface area contributed by atoms with E-state index in [4.69, 9.17) is 32.7 Å². The van der Waals surface area contributed by atoms with Crippen molar-refractivity contribution < 1.29 is 19.1 Å². The second-order valence-corrected chi connectivity index (χ2v) is 14.2. The molecule has 1 N–H and O–H groups in total. The summed E-state index contributed by atoms with van der Waals surface area (Å²) in [6.07, 6.45) is 6.40. The van der Waals surface area contributed by atoms with Crippen LogP contribution >= 0.6 is 23.2 Å². The molecule has 51 heavy (non-hydrogen) atoms. The number of carbonyl (C=O) groups excluding carboxylic acids is 2. The highest BCUT2D eigenvalue weighted by Gasteiger charge is 2.33. The summed E-state index contributed by atoms with van der Waals surface area (Å²) >= 11 is 13.5. The Kier molecular flexibility index (Phi) is 11.8. The summed E-state index contributed by atoms with van der Waals surface area (Å²) < 4.78 is 12.5. The summed E-state index contributed by atoms with van der Waals surface area (Å²) in [5.41, 5.74) is 0.187. The Labute approximate surface area is 307 Å². The SMILES string of the molecule is CNc1ncc2cc(-c3c(Cl)c(OC)cc(OC)c3Cl)c(=O)n(CCCC3CCN(C(=O)C(C#N)=CC(C)(C)N4CCN(C)C(=O)C4)CC3)c2n1. The van der Waals surface area contributed by atoms with Crippen molar-refractivity contribution in [2.75, 3.05) is 66.4 Å². The zero-order chi connectivity index (χ0) is 37.0. The zero-order valence-corrected chi connectivity index (χ0v) is 31.4. The van der Waals surface area contributed by atoms with Gasteiger partial charge in [-0.25, -0.2) is 4.98 Å². The number of nitrogens with zero attached hydrogens (tertiary/aromatic N) is 7. The summed E-state index contributed by atoms with van der Waals surface area (Å²) in [6.45, 7) is 6.79. The second kappa shape index (κ2) is 15.9. The summed E-state index contributed by atoms with van der Waals surface area (Å²) in [5, 5.41) is 13.9. The first-order chi connectivity index (χ1) is 24.3. The van der Waals surface area contributed by atoms with Crippen LogP contribution in [0.1, 0.15) is 39.5 Å². The van der Waals surface area contributed by atoms with Gasteiger partial charge in [-0.2, -0.15) is 10.2 Å². The second-order valence-electron chi connectivity index (χ2n) is 13.5. The van der Waals surface area contributed by atoms with Crippen LogP contribution in [0.5, 0.6) is 11.5 Å². The van der Waals surface area contributed by atoms with Crippen LogP contribution in [0.4, 0.5) is 5.95 Å². The molecule has 272 valence electrons. The van der Waals surface area contributed by atoms with Gasteiger partial charge in [0, 0.05) is 75.6 Å². The van der Waals surface area contributed by atoms with Crippen molar-refractivity contribution in [2.24, 2.45) is 5.92 Å². The summed E-state index contributed by atoms with van der Waals surface area (Å²) in [5.74, 6) is 1.08. The molecule has 2 amide bonds. The lowest BCUT2D eigenvalue weighted by Gasteiger charge is -2.41. The van der Waals surface area contributed by atoms with Gasteiger partial charge in [-0.15, -0.1) is 0 Å². The molecule has 2 fully saturated rings. The number of nitriles is 1. The van der Waals surface area contributed by atoms with Crippen molar-refractivity contribution in [1.82, 2.24) is 29.2 Å². The molecule has 4 heterocycles. The number of hydrogen-bond acceptors (Lipinski definition) is 10. The Bertz CT molecular complexity index is 1920. The highest BCUT2D eigenvalue weighted by Crippen LogP contribution is 2.45. The lowest BCUT2D eigenvalue weighted by molar-refractivity contribution is -0.136. The fourth-order valence-electron chi connectivity index (χ4n) is 6.76. The van der Waals surface area contributed by atoms with Crippen molar-refractivity contribution in [3.05, 3.63) is 50.4 Å². The van der Waals surface area contributed by atoms with Gasteiger partial charge in [-0.05, 0) is 57.6 Å². The highest BCUT2D eigenvalue weighted by molar-refractivity contribution is 6.41. The van der Waals surface area contributed by atoms with Crippen LogP contribution in [-0.4, -0.2) is 108 Å². The number of aryl methyl sites for hydroxylation is 1. The molecule has 1 aromatic carbocycles. The minimum atomic E-state index is -0.635. The van der Waals surface area contributed by atoms with Crippen molar-refractivity contribution in [1.29, 1.82) is 5.26 Å². The number of benzene rings is 1. The summed E-state index contributed by atoms with van der Waals surface area (Å²) in [6, 6.07) is 5.37. The van der Waals surface area contributed by atoms with E-state index < -0.39 is 5.54 Å². The zero-order valence-electron chi connectivity index (χ0n) is 29.9. The number of rotatable bonds is 11. The van der Waals surface area contributed by atoms with Crippen LogP contribution in [0.25, 0.3) is 22.2 Å². The highest BCUT2D eigenvalue weighted by atomic mass is 35.5. The number of piperidine rings is 1. The Balaban J connectivity index is 1.30. The molecule has 2 aliphatic rings. The molecule has 0 atom stereocenters. The molecule has 0 unspecified atom stereocenters. The number of pyridine rings is 1. The van der Waals surface area contributed by atoms with Gasteiger partial charge in [0.15, 0.2) is 0 Å². The van der Waals surface area contributed by atoms with Gasteiger partial charge in [-0.3, -0.25) is 23.9 Å². The summed E-state index contributed by atoms with van der Waals surface area (Å²) in [4.78, 5) is 54.3. The predicted molar refractivity (Wildman–Crippen MR) is 197 cm³/mol. The molecule has 2 saturated heterocycles. The minimum Gasteiger partial charge on any atom is -0.495 e. The van der Waals surface area contributed by atoms with Gasteiger partial charge >= 0.3 is 0 Å². The molecule has 0 spiro atoms. The van der Waals surface area contributed by atoms with E-state index in [9.17, 15) is 19.6 Å². The number of aromatic nitrogens is 3. The fraction of sp³-hybridized carbons (Fsp3) is 0.500. The Morgan fingerprint density at radius 2 is 1.76 bits per heavy atom. The third kappa shape index (κ3) is 7.93. The molecule has 0 saturated carbocycles. The van der Waals surface area contributed by atoms with E-state index in [1.807, 2.05) is 18.7 Å². The fourth-order valence-corrected chi connectivity index (χ4v) is 7.46. The van der Waals surface area contributed by atoms with Crippen LogP contribution in [0.15, 0.2) is 34.8 Å². The van der Waals surface area contributed by atoms with Crippen molar-refractivity contribution in [2.45, 2.75) is 51.6 Å². The average molecular weight is 740 g/mol. The van der Waals surface area contributed by atoms with Crippen LogP contribution in [0.2, 0.25) is 10.0 Å². The molecule has 15 heteroatoms. The predicted octanol–water partition coefficient (Wildman–Crippen LogP) is 4.85. The molecule has 0 radical (unpaired) electrons. The number of carbonyl (C=O) groups is 2. The van der Waals surface area contributed by atoms with Gasteiger partial charge in [-0.1, -0.05) is 23.2 Å². The number of methoxy groups -OCH3 is 2. The van der Waals surface area contributed by atoms with Gasteiger partial charge in [0.2, 0.25) is 11.9 Å². The number of piperazine rings is 1. The van der Waals surface area contributed by atoms with E-state index in [1.54, 1.807) is 52.9 Å². The van der Waals surface area contributed by atoms with Gasteiger partial charge < -0.3 is 24.6 Å². The van der Waals surface area contributed by atoms with Gasteiger partial charge in [0.25, 0.3) is 11.5 Å². The normalized spacial score (nSPS) is 16.4. The quantitative estimate of drug-likeness (QED) is 0.214. The number of anilines is 1. The number of nitrogens with one attached hydrogen (secondary N) is 1. The van der Waals surface area contributed by atoms with Gasteiger partial charge in [0.05, 0.1) is 36.4 Å². The van der Waals surface area contributed by atoms with Gasteiger partial charge in [0.1, 0.15) is 28.8 Å². The van der Waals surface area contributed by atoms with Crippen LogP contribution in [0.3, 0.4) is 0 Å². The van der Waals surface area contributed by atoms with E-state index in [0.29, 0.717) is 79.1 Å². The third-order valence-corrected chi connectivity index (χ3v) is 10.7. The molecular weight excluding hydrogens is 695 g/mol. The molecule has 0 aliphatic carbocycles. The maximum atomic E-state index is 14.2. The molecular formula is C36H44Cl2N8O5. The number of likely N-dealkylation sites (tertiary alicyclic amines) is 1. The first-order valence-corrected chi connectivity index (χ1v) is 17.7. The lowest BCUT2D eigenvalue weighted by atomic mass is 9.91. The molecule has 3 aromatic rings. The van der Waals surface area contributed by atoms with E-state index in [2.05, 4.69) is 21.4 Å². The number of ether oxygens (including phenoxy) is 2. The van der Waals surface area contributed by atoms with Crippen molar-refractivity contribution in [3.63, 3.8) is 0 Å². The number of fused-ring (bicyclic) bond motifs is 1. The first-order valence-electron chi connectivity index (χ1n) is 16.9. The maximum absolute atomic E-state index is 14.2. The monoisotopic (exact) mass is 738 g/mol. The van der Waals surface area contributed by atoms with Crippen molar-refractivity contribution in [3.8, 4) is 28.7 Å². The number of amides is 2. The summed E-state index contributed by atoms with van der Waals surface area (Å²) in [7, 11) is 6.44. The lowest BCUT2D eigenvalue weighted by Crippen LogP contribution is -2.55. The molecule has 13 nitrogen and oxygen atoms in total. The maximum Gasteiger partial charge on any atom is 0.264 e. The first kappa shape index (κ1) is 37.9. The van der Waals surface area contributed by atoms with E-state index >= 15 is 0 Å². The number of likely N-dealkylation sites (N-methyl/N-ethyl adjacent to an activating group) is 1. The number of hydrogen-bond donors (Lipinski definition) is 1. The molecule has 5 rings (SSSR count). The van der Waals surface area contributed by atoms with Crippen LogP contribution in [0, 0.1) is 17.2 Å². The van der Waals surface area contributed by atoms with E-state index in [1.165, 1.54) is 14.2 Å². The topological polar surface area (TPSA) is 146 Å².